The number of nitrogens with one attached hydrogen (secondary N) is 1. The Morgan fingerprint density at radius 1 is 0.791 bits per heavy atom. The molecule has 0 bridgehead atoms. The van der Waals surface area contributed by atoms with Crippen LogP contribution in [0.1, 0.15) is 107 Å². The van der Waals surface area contributed by atoms with E-state index in [2.05, 4.69) is 24.0 Å². The van der Waals surface area contributed by atoms with Gasteiger partial charge in [-0.3, -0.25) is 4.79 Å². The van der Waals surface area contributed by atoms with Crippen molar-refractivity contribution >= 4 is 42.9 Å². The number of carbonyl (C=O) groups is 4. The molecule has 2 aromatic rings. The highest BCUT2D eigenvalue weighted by Crippen LogP contribution is 2.47. The van der Waals surface area contributed by atoms with Crippen molar-refractivity contribution in [2.75, 3.05) is 5.32 Å². The number of carboxylic acids is 1. The maximum atomic E-state index is 12.6. The normalized spacial score (nSPS) is 14.8. The van der Waals surface area contributed by atoms with Gasteiger partial charge in [0, 0.05) is 29.1 Å². The van der Waals surface area contributed by atoms with Crippen molar-refractivity contribution in [2.24, 2.45) is 0 Å². The lowest BCUT2D eigenvalue weighted by Gasteiger charge is -2.13. The molecule has 2 aromatic carbocycles. The Morgan fingerprint density at radius 3 is 1.98 bits per heavy atom. The fourth-order valence-electron chi connectivity index (χ4n) is 4.78. The molecule has 1 amide bonds. The van der Waals surface area contributed by atoms with E-state index in [1.165, 1.54) is 94.5 Å². The van der Waals surface area contributed by atoms with E-state index in [4.69, 9.17) is 14.3 Å². The van der Waals surface area contributed by atoms with Gasteiger partial charge in [0.2, 0.25) is 5.91 Å². The summed E-state index contributed by atoms with van der Waals surface area (Å²) in [5.41, 5.74) is 0.151. The number of carbonyl (C=O) groups excluding carboxylic acids is 3. The van der Waals surface area contributed by atoms with Crippen molar-refractivity contribution in [1.29, 1.82) is 0 Å². The quantitative estimate of drug-likeness (QED) is 0.0905. The van der Waals surface area contributed by atoms with Gasteiger partial charge in [0.05, 0.1) is 11.3 Å². The smallest absolute Gasteiger partial charge is 0.335 e. The molecule has 4 N–H and O–H groups in total. The Bertz CT molecular complexity index is 1110. The minimum atomic E-state index is -1.20. The summed E-state index contributed by atoms with van der Waals surface area (Å²) in [6, 6.07) is 7.95. The second-order valence-corrected chi connectivity index (χ2v) is 11.9. The number of hydrogen-bond acceptors (Lipinski definition) is 8. The number of unbranched alkanes of at least 4 members (excludes halogenated alkanes) is 9. The Hall–Kier alpha value is -3.53. The lowest BCUT2D eigenvalue weighted by atomic mass is 10.0. The first kappa shape index (κ1) is 37.5. The minimum absolute atomic E-state index is 0.0384. The molecule has 0 saturated carbocycles. The van der Waals surface area contributed by atoms with Gasteiger partial charge in [-0.1, -0.05) is 71.1 Å². The zero-order valence-corrected chi connectivity index (χ0v) is 26.0. The van der Waals surface area contributed by atoms with Crippen LogP contribution in [-0.4, -0.2) is 51.3 Å². The van der Waals surface area contributed by atoms with E-state index < -0.39 is 5.97 Å². The van der Waals surface area contributed by atoms with Crippen molar-refractivity contribution in [3.8, 4) is 23.0 Å². The number of hydrogen-bond donors (Lipinski definition) is 4. The fourth-order valence-corrected chi connectivity index (χ4v) is 6.02. The molecule has 0 radical (unpaired) electrons. The van der Waals surface area contributed by atoms with Crippen molar-refractivity contribution in [1.82, 2.24) is 0 Å². The summed E-state index contributed by atoms with van der Waals surface area (Å²) < 4.78 is 5.74. The van der Waals surface area contributed by atoms with Gasteiger partial charge in [-0.2, -0.15) is 11.8 Å². The topological polar surface area (TPSA) is 150 Å². The molecule has 3 rings (SSSR count). The highest BCUT2D eigenvalue weighted by Gasteiger charge is 2.36. The molecule has 0 spiro atoms. The molecule has 43 heavy (non-hydrogen) atoms. The van der Waals surface area contributed by atoms with Gasteiger partial charge in [-0.05, 0) is 43.5 Å². The van der Waals surface area contributed by atoms with E-state index in [-0.39, 0.29) is 40.2 Å². The monoisotopic (exact) mass is 617 g/mol. The van der Waals surface area contributed by atoms with Crippen molar-refractivity contribution in [3.05, 3.63) is 42.0 Å². The number of carboxylic acid groups (broad SMARTS) is 1. The molecule has 1 aliphatic heterocycles. The van der Waals surface area contributed by atoms with Crippen LogP contribution in [0.4, 0.5) is 5.69 Å². The highest BCUT2D eigenvalue weighted by atomic mass is 32.2. The van der Waals surface area contributed by atoms with Gasteiger partial charge in [-0.25, -0.2) is 4.79 Å². The molecule has 1 heterocycles. The minimum Gasteiger partial charge on any atom is -0.508 e. The van der Waals surface area contributed by atoms with Crippen LogP contribution in [0.3, 0.4) is 0 Å². The van der Waals surface area contributed by atoms with E-state index >= 15 is 0 Å². The standard InChI is InChI=1S/C31H43NO6S.2CH2O/c1-2-3-4-5-6-7-8-9-10-13-28-29(39-28)14-11-12-15-30(35)32-26-21-23(33)16-17-27(26)38-25-19-22(31(36)37)18-24(34)20-25;2*1-2/h16-21,28-29,33-34H,2-15H2,1H3,(H,32,35)(H,36,37);2*1H2. The lowest BCUT2D eigenvalue weighted by Crippen LogP contribution is -2.12. The third kappa shape index (κ3) is 15.5. The molecular formula is C33H47NO8S. The summed E-state index contributed by atoms with van der Waals surface area (Å²) in [4.78, 5) is 39.8. The van der Waals surface area contributed by atoms with Gasteiger partial charge >= 0.3 is 5.97 Å². The first-order chi connectivity index (χ1) is 20.9. The van der Waals surface area contributed by atoms with Crippen LogP contribution in [0.25, 0.3) is 0 Å². The van der Waals surface area contributed by atoms with Crippen LogP contribution in [0.5, 0.6) is 23.0 Å². The number of ether oxygens (including phenoxy) is 1. The average Bonchev–Trinajstić information content (AvgIpc) is 3.75. The number of phenols is 2. The maximum absolute atomic E-state index is 12.6. The van der Waals surface area contributed by atoms with Gasteiger partial charge < -0.3 is 35.0 Å². The molecule has 238 valence electrons. The molecule has 9 nitrogen and oxygen atoms in total. The summed E-state index contributed by atoms with van der Waals surface area (Å²) in [5.74, 6) is -1.33. The van der Waals surface area contributed by atoms with Crippen LogP contribution in [-0.2, 0) is 14.4 Å². The number of thioether (sulfide) groups is 1. The van der Waals surface area contributed by atoms with E-state index in [1.807, 2.05) is 13.6 Å². The van der Waals surface area contributed by atoms with E-state index in [1.54, 1.807) is 0 Å². The van der Waals surface area contributed by atoms with Crippen molar-refractivity contribution in [2.45, 2.75) is 107 Å². The zero-order chi connectivity index (χ0) is 32.0. The summed E-state index contributed by atoms with van der Waals surface area (Å²) in [7, 11) is 0. The largest absolute Gasteiger partial charge is 0.508 e. The van der Waals surface area contributed by atoms with Crippen LogP contribution in [0, 0.1) is 0 Å². The van der Waals surface area contributed by atoms with Gasteiger partial charge in [-0.15, -0.1) is 0 Å². The second-order valence-electron chi connectivity index (χ2n) is 10.4. The third-order valence-corrected chi connectivity index (χ3v) is 8.54. The first-order valence-electron chi connectivity index (χ1n) is 15.0. The van der Waals surface area contributed by atoms with E-state index in [0.717, 1.165) is 35.8 Å². The summed E-state index contributed by atoms with van der Waals surface area (Å²) >= 11 is 2.08. The number of benzene rings is 2. The first-order valence-corrected chi connectivity index (χ1v) is 15.9. The predicted molar refractivity (Wildman–Crippen MR) is 172 cm³/mol. The second kappa shape index (κ2) is 22.1. The summed E-state index contributed by atoms with van der Waals surface area (Å²) in [6.07, 6.45) is 16.9. The number of anilines is 1. The Balaban J connectivity index is 0.00000221. The van der Waals surface area contributed by atoms with Crippen LogP contribution in [0.2, 0.25) is 0 Å². The molecule has 2 unspecified atom stereocenters. The molecule has 0 aromatic heterocycles. The molecule has 10 heteroatoms. The zero-order valence-electron chi connectivity index (χ0n) is 25.2. The maximum Gasteiger partial charge on any atom is 0.335 e. The SMILES string of the molecule is C=O.C=O.CCCCCCCCCCCC1SC1CCCCC(=O)Nc1cc(O)ccc1Oc1cc(O)cc(C(=O)O)c1. The Labute approximate surface area is 259 Å². The summed E-state index contributed by atoms with van der Waals surface area (Å²) in [5, 5.41) is 33.2. The van der Waals surface area contributed by atoms with Gasteiger partial charge in [0.25, 0.3) is 0 Å². The molecule has 0 aliphatic carbocycles. The fraction of sp³-hybridized carbons (Fsp3) is 0.515. The molecule has 1 aliphatic rings. The van der Waals surface area contributed by atoms with Crippen molar-refractivity contribution < 1.29 is 39.2 Å². The lowest BCUT2D eigenvalue weighted by molar-refractivity contribution is -0.116. The Kier molecular flexibility index (Phi) is 19.2. The molecule has 1 saturated heterocycles. The van der Waals surface area contributed by atoms with Crippen molar-refractivity contribution in [3.63, 3.8) is 0 Å². The number of aromatic hydroxyl groups is 2. The average molecular weight is 618 g/mol. The number of amides is 1. The molecule has 1 fully saturated rings. The number of phenolic OH excluding ortho intramolecular Hbond substituents is 2. The Morgan fingerprint density at radius 2 is 1.37 bits per heavy atom. The van der Waals surface area contributed by atoms with Crippen LogP contribution < -0.4 is 10.1 Å². The molecular weight excluding hydrogens is 570 g/mol. The molecule has 2 atom stereocenters. The number of rotatable bonds is 19. The highest BCUT2D eigenvalue weighted by molar-refractivity contribution is 8.07. The van der Waals surface area contributed by atoms with Gasteiger partial charge in [0.1, 0.15) is 30.8 Å². The van der Waals surface area contributed by atoms with Crippen LogP contribution in [0.15, 0.2) is 36.4 Å². The van der Waals surface area contributed by atoms with E-state index in [0.29, 0.717) is 6.42 Å². The third-order valence-electron chi connectivity index (χ3n) is 7.03. The summed E-state index contributed by atoms with van der Waals surface area (Å²) in [6.45, 7) is 6.26. The van der Waals surface area contributed by atoms with Crippen LogP contribution >= 0.6 is 11.8 Å². The number of aromatic carboxylic acids is 1. The van der Waals surface area contributed by atoms with E-state index in [9.17, 15) is 24.9 Å². The predicted octanol–water partition coefficient (Wildman–Crippen LogP) is 8.12. The van der Waals surface area contributed by atoms with Gasteiger partial charge in [0.15, 0.2) is 5.75 Å².